The van der Waals surface area contributed by atoms with Crippen LogP contribution in [0.15, 0.2) is 36.7 Å². The van der Waals surface area contributed by atoms with Crippen molar-refractivity contribution in [3.8, 4) is 0 Å². The number of benzene rings is 1. The predicted octanol–water partition coefficient (Wildman–Crippen LogP) is 5.81. The molecule has 0 aliphatic carbocycles. The number of aromatic nitrogens is 2. The van der Waals surface area contributed by atoms with Gasteiger partial charge in [0.25, 0.3) is 5.91 Å². The van der Waals surface area contributed by atoms with E-state index in [-0.39, 0.29) is 11.8 Å². The summed E-state index contributed by atoms with van der Waals surface area (Å²) in [5, 5.41) is 3.49. The van der Waals surface area contributed by atoms with Gasteiger partial charge in [0, 0.05) is 17.8 Å². The monoisotopic (exact) mass is 411 g/mol. The van der Waals surface area contributed by atoms with Crippen molar-refractivity contribution in [1.29, 1.82) is 0 Å². The molecule has 2 aromatic heterocycles. The van der Waals surface area contributed by atoms with Gasteiger partial charge in [0.05, 0.1) is 6.20 Å². The molecule has 0 atom stereocenters. The van der Waals surface area contributed by atoms with Crippen LogP contribution in [0.4, 0.5) is 9.52 Å². The van der Waals surface area contributed by atoms with E-state index in [0.717, 1.165) is 5.56 Å². The van der Waals surface area contributed by atoms with Gasteiger partial charge in [-0.25, -0.2) is 9.37 Å². The summed E-state index contributed by atoms with van der Waals surface area (Å²) in [6, 6.07) is 6.17. The molecular formula is C18H16Cl2FN3OS. The van der Waals surface area contributed by atoms with E-state index in [0.29, 0.717) is 32.3 Å². The number of anilines is 1. The fraction of sp³-hybridized carbons (Fsp3) is 0.222. The summed E-state index contributed by atoms with van der Waals surface area (Å²) in [5.41, 5.74) is 2.14. The van der Waals surface area contributed by atoms with Gasteiger partial charge in [-0.1, -0.05) is 48.4 Å². The number of carbonyl (C=O) groups is 1. The lowest BCUT2D eigenvalue weighted by Gasteiger charge is -2.09. The van der Waals surface area contributed by atoms with Crippen LogP contribution in [0.2, 0.25) is 9.36 Å². The second-order valence-corrected chi connectivity index (χ2v) is 8.24. The third kappa shape index (κ3) is 4.44. The smallest absolute Gasteiger partial charge is 0.274 e. The first-order chi connectivity index (χ1) is 12.3. The van der Waals surface area contributed by atoms with E-state index in [1.165, 1.54) is 29.7 Å². The molecule has 0 aliphatic heterocycles. The summed E-state index contributed by atoms with van der Waals surface area (Å²) in [6.45, 7) is 4.41. The van der Waals surface area contributed by atoms with Crippen LogP contribution in [0, 0.1) is 5.82 Å². The molecule has 0 fully saturated rings. The molecule has 136 valence electrons. The molecule has 2 heterocycles. The highest BCUT2D eigenvalue weighted by Crippen LogP contribution is 2.25. The van der Waals surface area contributed by atoms with Crippen molar-refractivity contribution in [3.63, 3.8) is 0 Å². The molecule has 0 spiro atoms. The standard InChI is InChI=1S/C18H16Cl2FN3OS/c1-10(2)12-5-15(17(25)23-18-22-7-16(20)26-18)24(9-12)8-11-3-13(19)6-14(21)4-11/h3-7,9-10H,8H2,1-2H3,(H,22,23,25). The summed E-state index contributed by atoms with van der Waals surface area (Å²) in [4.78, 5) is 16.7. The fourth-order valence-electron chi connectivity index (χ4n) is 2.54. The van der Waals surface area contributed by atoms with Gasteiger partial charge in [0.1, 0.15) is 15.8 Å². The van der Waals surface area contributed by atoms with Crippen molar-refractivity contribution >= 4 is 45.6 Å². The highest BCUT2D eigenvalue weighted by Gasteiger charge is 2.17. The predicted molar refractivity (Wildman–Crippen MR) is 104 cm³/mol. The van der Waals surface area contributed by atoms with Crippen LogP contribution in [-0.4, -0.2) is 15.5 Å². The van der Waals surface area contributed by atoms with Crippen LogP contribution in [-0.2, 0) is 6.54 Å². The van der Waals surface area contributed by atoms with Gasteiger partial charge in [-0.15, -0.1) is 0 Å². The van der Waals surface area contributed by atoms with E-state index in [2.05, 4.69) is 10.3 Å². The number of hydrogen-bond donors (Lipinski definition) is 1. The fourth-order valence-corrected chi connectivity index (χ4v) is 3.59. The third-order valence-corrected chi connectivity index (χ3v) is 5.04. The molecule has 3 aromatic rings. The topological polar surface area (TPSA) is 46.9 Å². The summed E-state index contributed by atoms with van der Waals surface area (Å²) in [7, 11) is 0. The lowest BCUT2D eigenvalue weighted by atomic mass is 10.1. The van der Waals surface area contributed by atoms with Gasteiger partial charge in [0.2, 0.25) is 0 Å². The largest absolute Gasteiger partial charge is 0.339 e. The maximum absolute atomic E-state index is 13.6. The Hall–Kier alpha value is -1.89. The number of amides is 1. The average molecular weight is 412 g/mol. The Morgan fingerprint density at radius 1 is 1.31 bits per heavy atom. The van der Waals surface area contributed by atoms with Gasteiger partial charge in [-0.2, -0.15) is 0 Å². The van der Waals surface area contributed by atoms with Crippen molar-refractivity contribution in [2.45, 2.75) is 26.3 Å². The highest BCUT2D eigenvalue weighted by molar-refractivity contribution is 7.19. The molecule has 0 unspecified atom stereocenters. The normalized spacial score (nSPS) is 11.2. The molecule has 0 radical (unpaired) electrons. The van der Waals surface area contributed by atoms with Crippen LogP contribution < -0.4 is 5.32 Å². The number of nitrogens with one attached hydrogen (secondary N) is 1. The van der Waals surface area contributed by atoms with Crippen LogP contribution in [0.25, 0.3) is 0 Å². The quantitative estimate of drug-likeness (QED) is 0.575. The van der Waals surface area contributed by atoms with Crippen LogP contribution in [0.5, 0.6) is 0 Å². The van der Waals surface area contributed by atoms with Gasteiger partial charge < -0.3 is 4.57 Å². The lowest BCUT2D eigenvalue weighted by Crippen LogP contribution is -2.17. The molecule has 3 rings (SSSR count). The minimum atomic E-state index is -0.410. The Kier molecular flexibility index (Phi) is 5.65. The van der Waals surface area contributed by atoms with Crippen LogP contribution in [0.3, 0.4) is 0 Å². The highest BCUT2D eigenvalue weighted by atomic mass is 35.5. The van der Waals surface area contributed by atoms with E-state index >= 15 is 0 Å². The molecule has 0 aliphatic rings. The van der Waals surface area contributed by atoms with Crippen molar-refractivity contribution < 1.29 is 9.18 Å². The van der Waals surface area contributed by atoms with E-state index < -0.39 is 5.82 Å². The Morgan fingerprint density at radius 3 is 2.69 bits per heavy atom. The molecule has 26 heavy (non-hydrogen) atoms. The number of rotatable bonds is 5. The molecule has 1 N–H and O–H groups in total. The third-order valence-electron chi connectivity index (χ3n) is 3.79. The van der Waals surface area contributed by atoms with Crippen molar-refractivity contribution in [2.24, 2.45) is 0 Å². The first kappa shape index (κ1) is 18.9. The number of thiazole rings is 1. The summed E-state index contributed by atoms with van der Waals surface area (Å²) in [5.74, 6) is -0.467. The molecule has 4 nitrogen and oxygen atoms in total. The summed E-state index contributed by atoms with van der Waals surface area (Å²) in [6.07, 6.45) is 3.38. The Balaban J connectivity index is 1.92. The second kappa shape index (κ2) is 7.78. The summed E-state index contributed by atoms with van der Waals surface area (Å²) < 4.78 is 15.9. The molecule has 0 saturated carbocycles. The minimum Gasteiger partial charge on any atom is -0.339 e. The van der Waals surface area contributed by atoms with E-state index in [1.54, 1.807) is 10.6 Å². The van der Waals surface area contributed by atoms with Gasteiger partial charge in [-0.3, -0.25) is 10.1 Å². The van der Waals surface area contributed by atoms with E-state index in [9.17, 15) is 9.18 Å². The van der Waals surface area contributed by atoms with Crippen molar-refractivity contribution in [1.82, 2.24) is 9.55 Å². The number of carbonyl (C=O) groups excluding carboxylic acids is 1. The number of hydrogen-bond acceptors (Lipinski definition) is 3. The van der Waals surface area contributed by atoms with Crippen LogP contribution in [0.1, 0.15) is 41.4 Å². The lowest BCUT2D eigenvalue weighted by molar-refractivity contribution is 0.101. The second-order valence-electron chi connectivity index (χ2n) is 6.14. The molecule has 1 amide bonds. The van der Waals surface area contributed by atoms with Crippen molar-refractivity contribution in [2.75, 3.05) is 5.32 Å². The summed E-state index contributed by atoms with van der Waals surface area (Å²) >= 11 is 13.0. The first-order valence-corrected chi connectivity index (χ1v) is 9.47. The molecule has 1 aromatic carbocycles. The number of halogens is 3. The van der Waals surface area contributed by atoms with E-state index in [4.69, 9.17) is 23.2 Å². The zero-order valence-electron chi connectivity index (χ0n) is 14.1. The number of nitrogens with zero attached hydrogens (tertiary/aromatic N) is 2. The average Bonchev–Trinajstić information content (AvgIpc) is 3.13. The maximum Gasteiger partial charge on any atom is 0.274 e. The van der Waals surface area contributed by atoms with Crippen LogP contribution >= 0.6 is 34.5 Å². The van der Waals surface area contributed by atoms with Crippen molar-refractivity contribution in [3.05, 3.63) is 68.7 Å². The molecule has 0 saturated heterocycles. The SMILES string of the molecule is CC(C)c1cc(C(=O)Nc2ncc(Cl)s2)n(Cc2cc(F)cc(Cl)c2)c1. The maximum atomic E-state index is 13.6. The first-order valence-electron chi connectivity index (χ1n) is 7.89. The van der Waals surface area contributed by atoms with Gasteiger partial charge in [0.15, 0.2) is 5.13 Å². The Bertz CT molecular complexity index is 932. The Morgan fingerprint density at radius 2 is 2.08 bits per heavy atom. The van der Waals surface area contributed by atoms with Gasteiger partial charge in [-0.05, 0) is 41.3 Å². The van der Waals surface area contributed by atoms with Gasteiger partial charge >= 0.3 is 0 Å². The Labute approximate surface area is 164 Å². The zero-order chi connectivity index (χ0) is 18.8. The molecular weight excluding hydrogens is 396 g/mol. The van der Waals surface area contributed by atoms with E-state index in [1.807, 2.05) is 26.1 Å². The molecule has 0 bridgehead atoms. The minimum absolute atomic E-state index is 0.244. The zero-order valence-corrected chi connectivity index (χ0v) is 16.4. The molecule has 8 heteroatoms.